The molecule has 9 heteroatoms. The number of rotatable bonds is 3. The molecule has 0 atom stereocenters. The molecular weight excluding hydrogens is 672 g/mol. The van der Waals surface area contributed by atoms with Crippen LogP contribution in [-0.2, 0) is 13.7 Å². The predicted octanol–water partition coefficient (Wildman–Crippen LogP) is 2.97. The van der Waals surface area contributed by atoms with Crippen LogP contribution in [0.15, 0.2) is 0 Å². The number of hydrogen-bond donors (Lipinski definition) is 1. The Morgan fingerprint density at radius 2 is 1.87 bits per heavy atom. The second kappa shape index (κ2) is 5.83. The molecule has 0 bridgehead atoms. The fourth-order valence-corrected chi connectivity index (χ4v) is 8.98. The molecule has 1 heterocycles. The maximum atomic E-state index is 11.6. The largest absolute Gasteiger partial charge is 0.293 e. The highest BCUT2D eigenvalue weighted by Gasteiger charge is 2.22. The zero-order valence-electron chi connectivity index (χ0n) is 7.39. The van der Waals surface area contributed by atoms with E-state index in [9.17, 15) is 8.42 Å². The van der Waals surface area contributed by atoms with Gasteiger partial charge in [0, 0.05) is 35.0 Å². The first-order valence-electron chi connectivity index (χ1n) is 3.64. The molecule has 0 aromatic carbocycles. The van der Waals surface area contributed by atoms with Gasteiger partial charge in [-0.1, -0.05) is 0 Å². The zero-order valence-corrected chi connectivity index (χ0v) is 16.8. The van der Waals surface area contributed by atoms with Crippen molar-refractivity contribution in [3.63, 3.8) is 0 Å². The van der Waals surface area contributed by atoms with Crippen molar-refractivity contribution in [3.05, 3.63) is 18.5 Å². The highest BCUT2D eigenvalue weighted by molar-refractivity contribution is 14.2. The molecule has 0 spiro atoms. The van der Waals surface area contributed by atoms with E-state index >= 15 is 0 Å². The topological polar surface area (TPSA) is 51.1 Å². The third-order valence-electron chi connectivity index (χ3n) is 1.83. The van der Waals surface area contributed by atoms with E-state index in [1.807, 2.05) is 29.8 Å². The van der Waals surface area contributed by atoms with E-state index in [1.54, 1.807) is 0 Å². The van der Waals surface area contributed by atoms with Gasteiger partial charge in [0.15, 0.2) is 0 Å². The van der Waals surface area contributed by atoms with Gasteiger partial charge in [-0.05, 0) is 57.7 Å². The van der Waals surface area contributed by atoms with E-state index in [0.29, 0.717) is 6.54 Å². The second-order valence-corrected chi connectivity index (χ2v) is 10.0. The van der Waals surface area contributed by atoms with E-state index in [4.69, 9.17) is 0 Å². The average Bonchev–Trinajstić information content (AvgIpc) is 2.29. The molecule has 0 saturated heterocycles. The first kappa shape index (κ1) is 15.2. The fraction of sp³-hybridized carbons (Fsp3) is 0.333. The van der Waals surface area contributed by atoms with E-state index in [2.05, 4.69) is 48.7 Å². The monoisotopic (exact) mass is 678 g/mol. The number of halogens is 4. The molecule has 15 heavy (non-hydrogen) atoms. The van der Waals surface area contributed by atoms with Crippen LogP contribution in [0.3, 0.4) is 0 Å². The van der Waals surface area contributed by atoms with Crippen molar-refractivity contribution >= 4 is 96.4 Å². The van der Waals surface area contributed by atoms with Gasteiger partial charge in [-0.25, -0.2) is 3.97 Å². The van der Waals surface area contributed by atoms with E-state index in [1.165, 1.54) is 25.2 Å². The Morgan fingerprint density at radius 1 is 1.33 bits per heavy atom. The molecule has 1 rings (SSSR count). The molecule has 0 aliphatic rings. The van der Waals surface area contributed by atoms with Gasteiger partial charge in [-0.2, -0.15) is 8.42 Å². The van der Waals surface area contributed by atoms with Crippen LogP contribution in [0, 0.1) is 14.3 Å². The highest BCUT2D eigenvalue weighted by atomic mass is 127. The van der Waals surface area contributed by atoms with Crippen molar-refractivity contribution in [1.29, 1.82) is 0 Å². The Bertz CT molecular complexity index is 482. The summed E-state index contributed by atoms with van der Waals surface area (Å²) in [4.78, 5) is 0. The maximum absolute atomic E-state index is 11.6. The van der Waals surface area contributed by atoms with Gasteiger partial charge in [-0.3, -0.25) is 3.53 Å². The van der Waals surface area contributed by atoms with Crippen molar-refractivity contribution in [1.82, 2.24) is 7.50 Å². The van der Waals surface area contributed by atoms with Gasteiger partial charge in [0.1, 0.15) is 3.70 Å². The minimum absolute atomic E-state index is 0.666. The number of nitrogens with one attached hydrogen (secondary N) is 1. The van der Waals surface area contributed by atoms with Crippen LogP contribution in [0.1, 0.15) is 11.1 Å². The lowest BCUT2D eigenvalue weighted by Crippen LogP contribution is -2.09. The van der Waals surface area contributed by atoms with Gasteiger partial charge in [0.25, 0.3) is 7.19 Å². The Balaban J connectivity index is 3.50. The summed E-state index contributed by atoms with van der Waals surface area (Å²) in [5.41, 5.74) is 2.05. The molecule has 1 N–H and O–H groups in total. The smallest absolute Gasteiger partial charge is 0.257 e. The van der Waals surface area contributed by atoms with Crippen LogP contribution in [0.4, 0.5) is 0 Å². The zero-order chi connectivity index (χ0) is 11.8. The first-order valence-corrected chi connectivity index (χ1v) is 10.9. The highest BCUT2D eigenvalue weighted by Crippen LogP contribution is 2.29. The molecule has 0 radical (unpaired) electrons. The SMILES string of the molecule is Cc1c(CNI)c(I)n(S(=O)(=O)I)c1I. The summed E-state index contributed by atoms with van der Waals surface area (Å²) in [5, 5.41) is 0. The Morgan fingerprint density at radius 3 is 2.20 bits per heavy atom. The predicted molar refractivity (Wildman–Crippen MR) is 93.8 cm³/mol. The molecule has 1 aromatic rings. The quantitative estimate of drug-likeness (QED) is 0.305. The summed E-state index contributed by atoms with van der Waals surface area (Å²) >= 11 is 7.63. The lowest BCUT2D eigenvalue weighted by atomic mass is 10.2. The van der Waals surface area contributed by atoms with Crippen LogP contribution in [-0.4, -0.2) is 12.4 Å². The van der Waals surface area contributed by atoms with Crippen molar-refractivity contribution in [2.75, 3.05) is 0 Å². The standard InChI is InChI=1S/C6H6I4N2O2S/c1-3-4(2-11-9)6(8)12(5(3)7)15(10,13)14/h11H,2H2,1H3. The number of nitrogens with zero attached hydrogens (tertiary/aromatic N) is 1. The molecule has 0 aliphatic heterocycles. The summed E-state index contributed by atoms with van der Waals surface area (Å²) < 4.78 is 29.0. The molecule has 1 aromatic heterocycles. The molecule has 86 valence electrons. The second-order valence-electron chi connectivity index (χ2n) is 2.70. The van der Waals surface area contributed by atoms with Crippen LogP contribution < -0.4 is 3.53 Å². The third-order valence-corrected chi connectivity index (χ3v) is 7.27. The first-order chi connectivity index (χ1) is 6.80. The molecule has 0 amide bonds. The lowest BCUT2D eigenvalue weighted by molar-refractivity contribution is 0.603. The van der Waals surface area contributed by atoms with Crippen molar-refractivity contribution < 1.29 is 8.42 Å². The average molecular weight is 678 g/mol. The van der Waals surface area contributed by atoms with Crippen LogP contribution >= 0.6 is 89.3 Å². The molecule has 4 nitrogen and oxygen atoms in total. The van der Waals surface area contributed by atoms with Crippen molar-refractivity contribution in [2.24, 2.45) is 0 Å². The maximum Gasteiger partial charge on any atom is 0.293 e. The summed E-state index contributed by atoms with van der Waals surface area (Å²) in [6.07, 6.45) is 0. The van der Waals surface area contributed by atoms with E-state index in [-0.39, 0.29) is 0 Å². The van der Waals surface area contributed by atoms with Gasteiger partial charge in [0.2, 0.25) is 0 Å². The molecule has 0 aliphatic carbocycles. The number of aromatic nitrogens is 1. The third kappa shape index (κ3) is 3.31. The van der Waals surface area contributed by atoms with Gasteiger partial charge >= 0.3 is 0 Å². The normalized spacial score (nSPS) is 12.1. The van der Waals surface area contributed by atoms with Crippen molar-refractivity contribution in [2.45, 2.75) is 13.5 Å². The van der Waals surface area contributed by atoms with Crippen LogP contribution in [0.5, 0.6) is 0 Å². The minimum atomic E-state index is -3.24. The molecule has 0 fully saturated rings. The van der Waals surface area contributed by atoms with Gasteiger partial charge < -0.3 is 0 Å². The molecule has 0 unspecified atom stereocenters. The van der Waals surface area contributed by atoms with Crippen LogP contribution in [0.25, 0.3) is 0 Å². The Kier molecular flexibility index (Phi) is 5.90. The van der Waals surface area contributed by atoms with Crippen molar-refractivity contribution in [3.8, 4) is 0 Å². The van der Waals surface area contributed by atoms with Crippen LogP contribution in [0.2, 0.25) is 0 Å². The number of hydrogen-bond acceptors (Lipinski definition) is 3. The Hall–Kier alpha value is 2.11. The van der Waals surface area contributed by atoms with E-state index in [0.717, 1.165) is 18.5 Å². The summed E-state index contributed by atoms with van der Waals surface area (Å²) in [6.45, 7) is 2.60. The fourth-order valence-electron chi connectivity index (χ4n) is 1.10. The molecule has 0 saturated carbocycles. The van der Waals surface area contributed by atoms with E-state index < -0.39 is 7.19 Å². The summed E-state index contributed by atoms with van der Waals surface area (Å²) in [7, 11) is -3.24. The lowest BCUT2D eigenvalue weighted by Gasteiger charge is -2.02. The van der Waals surface area contributed by atoms with Gasteiger partial charge in [0.05, 0.1) is 24.9 Å². The minimum Gasteiger partial charge on any atom is -0.257 e. The molecular formula is C6H6I4N2O2S. The van der Waals surface area contributed by atoms with Gasteiger partial charge in [-0.15, -0.1) is 0 Å². The Labute approximate surface area is 142 Å². The summed E-state index contributed by atoms with van der Waals surface area (Å²) in [6, 6.07) is 0. The summed E-state index contributed by atoms with van der Waals surface area (Å²) in [5.74, 6) is 0.